The van der Waals surface area contributed by atoms with Crippen LogP contribution in [0.4, 0.5) is 0 Å². The summed E-state index contributed by atoms with van der Waals surface area (Å²) in [6.45, 7) is 9.26. The predicted octanol–water partition coefficient (Wildman–Crippen LogP) is 3.39. The molecule has 1 aromatic carbocycles. The van der Waals surface area contributed by atoms with Crippen LogP contribution in [0.25, 0.3) is 0 Å². The van der Waals surface area contributed by atoms with Crippen molar-refractivity contribution in [3.8, 4) is 0 Å². The summed E-state index contributed by atoms with van der Waals surface area (Å²) < 4.78 is 0. The molecule has 1 unspecified atom stereocenters. The fourth-order valence-electron chi connectivity index (χ4n) is 5.23. The van der Waals surface area contributed by atoms with E-state index < -0.39 is 11.5 Å². The van der Waals surface area contributed by atoms with Gasteiger partial charge < -0.3 is 15.7 Å². The number of nitrogens with two attached hydrogens (primary N) is 1. The third kappa shape index (κ3) is 3.32. The van der Waals surface area contributed by atoms with E-state index in [9.17, 15) is 9.90 Å². The standard InChI is InChI=1S/C22H32N2O3/c1-14(2)15-6-7-17-16(12-15)18(25)19(26)20-21(3,13-24-27-11-10-23)8-5-9-22(17,20)4/h6-7,12-14,19-20,26H,5,8-11,23H2,1-4H3/b24-13+/t19?,20-,21-,22+/m0/s1. The second-order valence-electron chi connectivity index (χ2n) is 8.88. The molecule has 3 N–H and O–H groups in total. The van der Waals surface area contributed by atoms with Gasteiger partial charge in [0.15, 0.2) is 5.78 Å². The summed E-state index contributed by atoms with van der Waals surface area (Å²) in [7, 11) is 0. The van der Waals surface area contributed by atoms with Crippen molar-refractivity contribution in [3.63, 3.8) is 0 Å². The highest BCUT2D eigenvalue weighted by Crippen LogP contribution is 2.56. The number of fused-ring (bicyclic) bond motifs is 3. The highest BCUT2D eigenvalue weighted by Gasteiger charge is 2.57. The Morgan fingerprint density at radius 2 is 2.11 bits per heavy atom. The molecule has 148 valence electrons. The molecular formula is C22H32N2O3. The lowest BCUT2D eigenvalue weighted by Crippen LogP contribution is -2.58. The number of nitrogens with zero attached hydrogens (tertiary/aromatic N) is 1. The van der Waals surface area contributed by atoms with Crippen molar-refractivity contribution < 1.29 is 14.7 Å². The lowest BCUT2D eigenvalue weighted by Gasteiger charge is -2.55. The number of carbonyl (C=O) groups excluding carboxylic acids is 1. The molecule has 0 aliphatic heterocycles. The van der Waals surface area contributed by atoms with Crippen molar-refractivity contribution in [2.75, 3.05) is 13.2 Å². The summed E-state index contributed by atoms with van der Waals surface area (Å²) in [5.74, 6) is -0.0533. The Kier molecular flexibility index (Phi) is 5.46. The molecule has 0 bridgehead atoms. The molecular weight excluding hydrogens is 340 g/mol. The predicted molar refractivity (Wildman–Crippen MR) is 107 cm³/mol. The lowest BCUT2D eigenvalue weighted by molar-refractivity contribution is -0.0183. The molecule has 1 fully saturated rings. The third-order valence-corrected chi connectivity index (χ3v) is 6.62. The number of benzene rings is 1. The molecule has 0 aromatic heterocycles. The van der Waals surface area contributed by atoms with E-state index >= 15 is 0 Å². The van der Waals surface area contributed by atoms with Gasteiger partial charge in [0.1, 0.15) is 12.7 Å². The van der Waals surface area contributed by atoms with Gasteiger partial charge in [-0.1, -0.05) is 51.4 Å². The Bertz CT molecular complexity index is 745. The van der Waals surface area contributed by atoms with Gasteiger partial charge in [-0.2, -0.15) is 0 Å². The number of aliphatic hydroxyl groups is 1. The molecule has 3 rings (SSSR count). The van der Waals surface area contributed by atoms with Gasteiger partial charge in [-0.05, 0) is 41.4 Å². The summed E-state index contributed by atoms with van der Waals surface area (Å²) in [5.41, 5.74) is 7.65. The number of carbonyl (C=O) groups is 1. The Balaban J connectivity index is 2.06. The van der Waals surface area contributed by atoms with Crippen LogP contribution in [0.3, 0.4) is 0 Å². The molecule has 0 spiro atoms. The van der Waals surface area contributed by atoms with Gasteiger partial charge in [0, 0.05) is 23.4 Å². The van der Waals surface area contributed by atoms with Crippen molar-refractivity contribution >= 4 is 12.0 Å². The van der Waals surface area contributed by atoms with Gasteiger partial charge in [0.2, 0.25) is 0 Å². The number of oxime groups is 1. The highest BCUT2D eigenvalue weighted by atomic mass is 16.6. The van der Waals surface area contributed by atoms with Crippen molar-refractivity contribution in [1.82, 2.24) is 0 Å². The molecule has 5 heteroatoms. The maximum Gasteiger partial charge on any atom is 0.191 e. The molecule has 0 heterocycles. The first-order valence-corrected chi connectivity index (χ1v) is 9.98. The van der Waals surface area contributed by atoms with E-state index in [2.05, 4.69) is 45.0 Å². The van der Waals surface area contributed by atoms with Crippen LogP contribution in [-0.2, 0) is 10.3 Å². The maximum atomic E-state index is 13.1. The molecule has 5 nitrogen and oxygen atoms in total. The quantitative estimate of drug-likeness (QED) is 0.471. The van der Waals surface area contributed by atoms with E-state index in [-0.39, 0.29) is 17.1 Å². The first-order valence-electron chi connectivity index (χ1n) is 9.98. The summed E-state index contributed by atoms with van der Waals surface area (Å²) in [5, 5.41) is 15.2. The molecule has 0 amide bonds. The number of hydrogen-bond acceptors (Lipinski definition) is 5. The van der Waals surface area contributed by atoms with Crippen LogP contribution < -0.4 is 5.73 Å². The van der Waals surface area contributed by atoms with Gasteiger partial charge in [-0.25, -0.2) is 0 Å². The summed E-state index contributed by atoms with van der Waals surface area (Å²) in [6.07, 6.45) is 3.58. The van der Waals surface area contributed by atoms with Crippen LogP contribution in [-0.4, -0.2) is 36.4 Å². The molecule has 1 aromatic rings. The third-order valence-electron chi connectivity index (χ3n) is 6.62. The monoisotopic (exact) mass is 372 g/mol. The average molecular weight is 373 g/mol. The number of ketones is 1. The van der Waals surface area contributed by atoms with E-state index in [1.807, 2.05) is 6.07 Å². The maximum absolute atomic E-state index is 13.1. The van der Waals surface area contributed by atoms with E-state index in [0.29, 0.717) is 24.6 Å². The fraction of sp³-hybridized carbons (Fsp3) is 0.636. The first kappa shape index (κ1) is 20.0. The second kappa shape index (κ2) is 7.36. The number of Topliss-reactive ketones (excluding diaryl/α,β-unsaturated/α-hetero) is 1. The van der Waals surface area contributed by atoms with Gasteiger partial charge in [-0.3, -0.25) is 4.79 Å². The highest BCUT2D eigenvalue weighted by molar-refractivity contribution is 6.03. The Labute approximate surface area is 162 Å². The normalized spacial score (nSPS) is 33.2. The Hall–Kier alpha value is -1.72. The van der Waals surface area contributed by atoms with Gasteiger partial charge in [0.25, 0.3) is 0 Å². The molecule has 2 aliphatic carbocycles. The minimum atomic E-state index is -1.03. The smallest absolute Gasteiger partial charge is 0.191 e. The average Bonchev–Trinajstić information content (AvgIpc) is 2.63. The molecule has 0 radical (unpaired) electrons. The van der Waals surface area contributed by atoms with Crippen molar-refractivity contribution in [3.05, 3.63) is 34.9 Å². The van der Waals surface area contributed by atoms with E-state index in [4.69, 9.17) is 10.6 Å². The van der Waals surface area contributed by atoms with Crippen LogP contribution in [0.5, 0.6) is 0 Å². The lowest BCUT2D eigenvalue weighted by atomic mass is 9.49. The SMILES string of the molecule is CC(C)c1ccc2c(c1)C(=O)C(O)[C@H]1[C@](C)(/C=N/OCCN)CCC[C@]21C. The van der Waals surface area contributed by atoms with Crippen LogP contribution in [0.15, 0.2) is 23.4 Å². The van der Waals surface area contributed by atoms with Crippen molar-refractivity contribution in [1.29, 1.82) is 0 Å². The minimum absolute atomic E-state index is 0.167. The van der Waals surface area contributed by atoms with E-state index in [0.717, 1.165) is 30.4 Å². The summed E-state index contributed by atoms with van der Waals surface area (Å²) in [6, 6.07) is 6.22. The van der Waals surface area contributed by atoms with Gasteiger partial charge in [-0.15, -0.1) is 0 Å². The van der Waals surface area contributed by atoms with Crippen LogP contribution >= 0.6 is 0 Å². The van der Waals surface area contributed by atoms with Crippen LogP contribution in [0.2, 0.25) is 0 Å². The Morgan fingerprint density at radius 1 is 1.37 bits per heavy atom. The van der Waals surface area contributed by atoms with Crippen LogP contribution in [0.1, 0.15) is 74.4 Å². The molecule has 27 heavy (non-hydrogen) atoms. The summed E-state index contributed by atoms with van der Waals surface area (Å²) >= 11 is 0. The summed E-state index contributed by atoms with van der Waals surface area (Å²) in [4.78, 5) is 18.3. The number of aliphatic hydroxyl groups excluding tert-OH is 1. The van der Waals surface area contributed by atoms with Crippen LogP contribution in [0, 0.1) is 11.3 Å². The first-order chi connectivity index (χ1) is 12.7. The van der Waals surface area contributed by atoms with E-state index in [1.165, 1.54) is 0 Å². The second-order valence-corrected chi connectivity index (χ2v) is 8.88. The van der Waals surface area contributed by atoms with Crippen molar-refractivity contribution in [2.24, 2.45) is 22.2 Å². The van der Waals surface area contributed by atoms with Gasteiger partial charge in [0.05, 0.1) is 6.21 Å². The largest absolute Gasteiger partial charge is 0.395 e. The topological polar surface area (TPSA) is 84.9 Å². The molecule has 0 saturated heterocycles. The molecule has 4 atom stereocenters. The number of hydrogen-bond donors (Lipinski definition) is 2. The molecule has 1 saturated carbocycles. The Morgan fingerprint density at radius 3 is 2.78 bits per heavy atom. The van der Waals surface area contributed by atoms with Gasteiger partial charge >= 0.3 is 0 Å². The zero-order valence-electron chi connectivity index (χ0n) is 16.9. The zero-order valence-corrected chi connectivity index (χ0v) is 16.9. The zero-order chi connectivity index (χ0) is 19.8. The van der Waals surface area contributed by atoms with E-state index in [1.54, 1.807) is 6.21 Å². The minimum Gasteiger partial charge on any atom is -0.395 e. The van der Waals surface area contributed by atoms with Crippen molar-refractivity contribution in [2.45, 2.75) is 64.4 Å². The molecule has 2 aliphatic rings. The number of rotatable bonds is 5. The fourth-order valence-corrected chi connectivity index (χ4v) is 5.23.